The van der Waals surface area contributed by atoms with E-state index < -0.39 is 0 Å². The number of benzene rings is 2. The number of hydrogen-bond acceptors (Lipinski definition) is 7. The van der Waals surface area contributed by atoms with Crippen molar-refractivity contribution < 1.29 is 23.5 Å². The van der Waals surface area contributed by atoms with Gasteiger partial charge in [0.1, 0.15) is 13.2 Å². The van der Waals surface area contributed by atoms with Crippen LogP contribution in [0.3, 0.4) is 0 Å². The Morgan fingerprint density at radius 2 is 1.75 bits per heavy atom. The highest BCUT2D eigenvalue weighted by molar-refractivity contribution is 5.93. The smallest absolute Gasteiger partial charge is 0.273 e. The Hall–Kier alpha value is -3.36. The zero-order valence-corrected chi connectivity index (χ0v) is 17.7. The number of ether oxygens (including phenoxy) is 3. The number of carbonyl (C=O) groups is 1. The van der Waals surface area contributed by atoms with Crippen molar-refractivity contribution in [2.45, 2.75) is 6.04 Å². The summed E-state index contributed by atoms with van der Waals surface area (Å²) in [5.41, 5.74) is 2.17. The van der Waals surface area contributed by atoms with Gasteiger partial charge in [0.05, 0.1) is 19.3 Å². The summed E-state index contributed by atoms with van der Waals surface area (Å²) >= 11 is 0. The molecule has 2 aliphatic heterocycles. The Balaban J connectivity index is 1.28. The molecule has 5 rings (SSSR count). The second-order valence-corrected chi connectivity index (χ2v) is 7.72. The van der Waals surface area contributed by atoms with Gasteiger partial charge in [-0.25, -0.2) is 0 Å². The SMILES string of the molecule is O=C(NC[C@H](c1ccccc1)N1CCOCC1)c1cc(-c2ccc3c(c2)OCCO3)on1. The van der Waals surface area contributed by atoms with Gasteiger partial charge in [-0.1, -0.05) is 35.5 Å². The highest BCUT2D eigenvalue weighted by atomic mass is 16.6. The standard InChI is InChI=1S/C24H25N3O5/c28-24(25-16-20(17-4-2-1-3-5-17)27-8-10-29-11-9-27)19-15-22(32-26-19)18-6-7-21-23(14-18)31-13-12-30-21/h1-7,14-15,20H,8-13,16H2,(H,25,28)/t20-/m1/s1. The summed E-state index contributed by atoms with van der Waals surface area (Å²) in [6.45, 7) is 4.55. The van der Waals surface area contributed by atoms with Crippen LogP contribution in [0.5, 0.6) is 11.5 Å². The number of morpholine rings is 1. The lowest BCUT2D eigenvalue weighted by Crippen LogP contribution is -2.43. The van der Waals surface area contributed by atoms with Crippen LogP contribution in [0.2, 0.25) is 0 Å². The van der Waals surface area contributed by atoms with E-state index >= 15 is 0 Å². The van der Waals surface area contributed by atoms with Crippen LogP contribution in [0.15, 0.2) is 59.1 Å². The molecule has 1 atom stereocenters. The van der Waals surface area contributed by atoms with Crippen molar-refractivity contribution in [3.63, 3.8) is 0 Å². The first-order valence-corrected chi connectivity index (χ1v) is 10.8. The summed E-state index contributed by atoms with van der Waals surface area (Å²) < 4.78 is 22.1. The molecule has 0 saturated carbocycles. The summed E-state index contributed by atoms with van der Waals surface area (Å²) in [5, 5.41) is 7.00. The highest BCUT2D eigenvalue weighted by Crippen LogP contribution is 2.34. The first-order valence-electron chi connectivity index (χ1n) is 10.8. The van der Waals surface area contributed by atoms with Crippen molar-refractivity contribution in [2.75, 3.05) is 46.1 Å². The third-order valence-electron chi connectivity index (χ3n) is 5.70. The molecule has 166 valence electrons. The molecular formula is C24H25N3O5. The molecule has 2 aliphatic rings. The van der Waals surface area contributed by atoms with E-state index in [4.69, 9.17) is 18.7 Å². The van der Waals surface area contributed by atoms with Gasteiger partial charge >= 0.3 is 0 Å². The van der Waals surface area contributed by atoms with Gasteiger partial charge < -0.3 is 24.1 Å². The molecule has 2 aromatic carbocycles. The molecule has 0 bridgehead atoms. The number of aromatic nitrogens is 1. The maximum atomic E-state index is 12.8. The molecule has 3 aromatic rings. The minimum absolute atomic E-state index is 0.0632. The van der Waals surface area contributed by atoms with Crippen LogP contribution < -0.4 is 14.8 Å². The molecule has 8 heteroatoms. The molecular weight excluding hydrogens is 410 g/mol. The Kier molecular flexibility index (Phi) is 6.04. The van der Waals surface area contributed by atoms with Crippen molar-refractivity contribution in [1.82, 2.24) is 15.4 Å². The fourth-order valence-electron chi connectivity index (χ4n) is 4.02. The number of amides is 1. The lowest BCUT2D eigenvalue weighted by Gasteiger charge is -2.34. The molecule has 0 unspecified atom stereocenters. The molecule has 1 N–H and O–H groups in total. The van der Waals surface area contributed by atoms with Crippen LogP contribution in [0.1, 0.15) is 22.1 Å². The third kappa shape index (κ3) is 4.46. The summed E-state index contributed by atoms with van der Waals surface area (Å²) in [5.74, 6) is 1.59. The van der Waals surface area contributed by atoms with Gasteiger partial charge in [-0.05, 0) is 23.8 Å². The van der Waals surface area contributed by atoms with E-state index in [1.54, 1.807) is 6.07 Å². The molecule has 1 amide bonds. The minimum atomic E-state index is -0.272. The van der Waals surface area contributed by atoms with Crippen molar-refractivity contribution in [1.29, 1.82) is 0 Å². The van der Waals surface area contributed by atoms with E-state index in [0.717, 1.165) is 24.2 Å². The molecule has 1 fully saturated rings. The molecule has 8 nitrogen and oxygen atoms in total. The molecule has 0 radical (unpaired) electrons. The van der Waals surface area contributed by atoms with Gasteiger partial charge in [-0.2, -0.15) is 0 Å². The van der Waals surface area contributed by atoms with E-state index in [0.29, 0.717) is 50.2 Å². The van der Waals surface area contributed by atoms with E-state index in [2.05, 4.69) is 27.5 Å². The number of hydrogen-bond donors (Lipinski definition) is 1. The Morgan fingerprint density at radius 3 is 2.56 bits per heavy atom. The lowest BCUT2D eigenvalue weighted by molar-refractivity contribution is 0.0162. The fraction of sp³-hybridized carbons (Fsp3) is 0.333. The first-order chi connectivity index (χ1) is 15.8. The van der Waals surface area contributed by atoms with Gasteiger partial charge in [-0.3, -0.25) is 9.69 Å². The molecule has 0 aliphatic carbocycles. The van der Waals surface area contributed by atoms with Crippen molar-refractivity contribution in [2.24, 2.45) is 0 Å². The van der Waals surface area contributed by atoms with Gasteiger partial charge in [-0.15, -0.1) is 0 Å². The largest absolute Gasteiger partial charge is 0.486 e. The second kappa shape index (κ2) is 9.42. The van der Waals surface area contributed by atoms with Crippen molar-refractivity contribution >= 4 is 5.91 Å². The van der Waals surface area contributed by atoms with Crippen molar-refractivity contribution in [3.05, 3.63) is 65.9 Å². The zero-order valence-electron chi connectivity index (χ0n) is 17.7. The van der Waals surface area contributed by atoms with Gasteiger partial charge in [0.25, 0.3) is 5.91 Å². The Morgan fingerprint density at radius 1 is 0.969 bits per heavy atom. The van der Waals surface area contributed by atoms with Crippen LogP contribution in [-0.4, -0.2) is 62.0 Å². The lowest BCUT2D eigenvalue weighted by atomic mass is 10.0. The topological polar surface area (TPSA) is 86.1 Å². The predicted molar refractivity (Wildman–Crippen MR) is 117 cm³/mol. The molecule has 1 saturated heterocycles. The molecule has 1 aromatic heterocycles. The maximum absolute atomic E-state index is 12.8. The summed E-state index contributed by atoms with van der Waals surface area (Å²) in [7, 11) is 0. The zero-order chi connectivity index (χ0) is 21.8. The predicted octanol–water partition coefficient (Wildman–Crippen LogP) is 2.92. The number of rotatable bonds is 6. The quantitative estimate of drug-likeness (QED) is 0.637. The minimum Gasteiger partial charge on any atom is -0.486 e. The van der Waals surface area contributed by atoms with Crippen molar-refractivity contribution in [3.8, 4) is 22.8 Å². The normalized spacial score (nSPS) is 17.0. The van der Waals surface area contributed by atoms with Gasteiger partial charge in [0, 0.05) is 31.3 Å². The summed E-state index contributed by atoms with van der Waals surface area (Å²) in [4.78, 5) is 15.2. The van der Waals surface area contributed by atoms with Crippen LogP contribution in [0, 0.1) is 0 Å². The Labute approximate surface area is 186 Å². The average Bonchev–Trinajstić information content (AvgIpc) is 3.36. The van der Waals surface area contributed by atoms with E-state index in [-0.39, 0.29) is 17.6 Å². The van der Waals surface area contributed by atoms with Crippen LogP contribution >= 0.6 is 0 Å². The first kappa shape index (κ1) is 20.5. The monoisotopic (exact) mass is 435 g/mol. The number of nitrogens with zero attached hydrogens (tertiary/aromatic N) is 2. The summed E-state index contributed by atoms with van der Waals surface area (Å²) in [6.07, 6.45) is 0. The van der Waals surface area contributed by atoms with Crippen LogP contribution in [0.4, 0.5) is 0 Å². The Bertz CT molecular complexity index is 1060. The molecule has 0 spiro atoms. The molecule has 3 heterocycles. The number of fused-ring (bicyclic) bond motifs is 1. The van der Waals surface area contributed by atoms with Gasteiger partial charge in [0.2, 0.25) is 0 Å². The fourth-order valence-corrected chi connectivity index (χ4v) is 4.02. The highest BCUT2D eigenvalue weighted by Gasteiger charge is 2.24. The van der Waals surface area contributed by atoms with Crippen LogP contribution in [0.25, 0.3) is 11.3 Å². The third-order valence-corrected chi connectivity index (χ3v) is 5.70. The van der Waals surface area contributed by atoms with E-state index in [9.17, 15) is 4.79 Å². The maximum Gasteiger partial charge on any atom is 0.273 e. The number of carbonyl (C=O) groups excluding carboxylic acids is 1. The molecule has 32 heavy (non-hydrogen) atoms. The van der Waals surface area contributed by atoms with Gasteiger partial charge in [0.15, 0.2) is 23.0 Å². The van der Waals surface area contributed by atoms with E-state index in [1.807, 2.05) is 36.4 Å². The summed E-state index contributed by atoms with van der Waals surface area (Å²) in [6, 6.07) is 17.4. The average molecular weight is 435 g/mol. The van der Waals surface area contributed by atoms with Crippen LogP contribution in [-0.2, 0) is 4.74 Å². The second-order valence-electron chi connectivity index (χ2n) is 7.72. The number of nitrogens with one attached hydrogen (secondary N) is 1. The van der Waals surface area contributed by atoms with E-state index in [1.165, 1.54) is 0 Å².